The summed E-state index contributed by atoms with van der Waals surface area (Å²) in [5.74, 6) is 4.87. The van der Waals surface area contributed by atoms with E-state index in [9.17, 15) is 0 Å². The van der Waals surface area contributed by atoms with Gasteiger partial charge in [-0.05, 0) is 134 Å². The van der Waals surface area contributed by atoms with Gasteiger partial charge in [0.05, 0.1) is 0 Å². The molecule has 1 atom stereocenters. The average molecular weight is 856 g/mol. The van der Waals surface area contributed by atoms with Crippen molar-refractivity contribution in [3.63, 3.8) is 0 Å². The van der Waals surface area contributed by atoms with Crippen LogP contribution in [0.1, 0.15) is 104 Å². The number of benzene rings is 3. The number of rotatable bonds is 11. The van der Waals surface area contributed by atoms with E-state index in [0.717, 1.165) is 82.0 Å². The van der Waals surface area contributed by atoms with Crippen LogP contribution in [0.25, 0.3) is 11.1 Å². The predicted octanol–water partition coefficient (Wildman–Crippen LogP) is 13.7. The molecule has 0 aliphatic carbocycles. The third-order valence-corrected chi connectivity index (χ3v) is 26.9. The first kappa shape index (κ1) is 45.1. The van der Waals surface area contributed by atoms with Gasteiger partial charge in [-0.3, -0.25) is 4.90 Å². The summed E-state index contributed by atoms with van der Waals surface area (Å²) in [5.41, 5.74) is 5.09. The molecule has 3 aliphatic rings. The van der Waals surface area contributed by atoms with Crippen molar-refractivity contribution in [1.29, 1.82) is 0 Å². The monoisotopic (exact) mass is 855 g/mol. The molecule has 6 rings (SSSR count). The van der Waals surface area contributed by atoms with Crippen LogP contribution in [0.4, 0.5) is 0 Å². The van der Waals surface area contributed by atoms with Gasteiger partial charge in [-0.1, -0.05) is 80.9 Å². The minimum absolute atomic E-state index is 0.000792. The number of nitrogens with zero attached hydrogens (tertiary/aromatic N) is 1. The highest BCUT2D eigenvalue weighted by Crippen LogP contribution is 2.53. The number of hydrogen-bond donors (Lipinski definition) is 0. The minimum atomic E-state index is -2.25. The van der Waals surface area contributed by atoms with Gasteiger partial charge in [0.1, 0.15) is 47.7 Å². The van der Waals surface area contributed by atoms with E-state index >= 15 is 0 Å². The van der Waals surface area contributed by atoms with Gasteiger partial charge in [-0.2, -0.15) is 0 Å². The van der Waals surface area contributed by atoms with Crippen molar-refractivity contribution in [3.05, 3.63) is 89.2 Å². The zero-order chi connectivity index (χ0) is 43.2. The van der Waals surface area contributed by atoms with E-state index in [4.69, 9.17) is 27.5 Å². The molecular formula is C49H73NO6Si3. The molecule has 322 valence electrons. The molecule has 0 amide bonds. The van der Waals surface area contributed by atoms with Crippen molar-refractivity contribution in [2.45, 2.75) is 142 Å². The molecule has 59 heavy (non-hydrogen) atoms. The highest BCUT2D eigenvalue weighted by Gasteiger charge is 2.43. The molecule has 0 N–H and O–H groups in total. The first-order chi connectivity index (χ1) is 27.4. The first-order valence-corrected chi connectivity index (χ1v) is 30.6. The molecular weight excluding hydrogens is 783 g/mol. The van der Waals surface area contributed by atoms with E-state index < -0.39 is 31.1 Å². The smallest absolute Gasteiger partial charge is 0.250 e. The van der Waals surface area contributed by atoms with Crippen molar-refractivity contribution < 1.29 is 27.5 Å². The topological polar surface area (TPSA) is 58.6 Å². The van der Waals surface area contributed by atoms with E-state index in [1.165, 1.54) is 19.3 Å². The lowest BCUT2D eigenvalue weighted by molar-refractivity contribution is 0.183. The van der Waals surface area contributed by atoms with Crippen LogP contribution in [-0.2, 0) is 4.43 Å². The maximum absolute atomic E-state index is 7.22. The Bertz CT molecular complexity index is 2030. The summed E-state index contributed by atoms with van der Waals surface area (Å²) in [7, 11) is -6.51. The number of allylic oxidation sites excluding steroid dienone is 2. The Labute approximate surface area is 359 Å². The van der Waals surface area contributed by atoms with E-state index in [1.807, 2.05) is 0 Å². The fourth-order valence-electron chi connectivity index (χ4n) is 6.94. The van der Waals surface area contributed by atoms with Crippen molar-refractivity contribution in [2.75, 3.05) is 32.8 Å². The molecule has 10 heteroatoms. The van der Waals surface area contributed by atoms with Gasteiger partial charge in [0, 0.05) is 35.4 Å². The van der Waals surface area contributed by atoms with Gasteiger partial charge in [0.25, 0.3) is 0 Å². The second-order valence-electron chi connectivity index (χ2n) is 21.4. The average Bonchev–Trinajstić information content (AvgIpc) is 3.12. The van der Waals surface area contributed by atoms with Gasteiger partial charge in [0.2, 0.25) is 25.0 Å². The molecule has 0 saturated carbocycles. The predicted molar refractivity (Wildman–Crippen MR) is 253 cm³/mol. The van der Waals surface area contributed by atoms with Crippen LogP contribution in [-0.4, -0.2) is 62.7 Å². The molecule has 0 spiro atoms. The Hall–Kier alpha value is -3.45. The largest absolute Gasteiger partial charge is 0.544 e. The number of piperidine rings is 1. The van der Waals surface area contributed by atoms with E-state index in [2.05, 4.69) is 173 Å². The van der Waals surface area contributed by atoms with Gasteiger partial charge in [-0.15, -0.1) is 0 Å². The van der Waals surface area contributed by atoms with Gasteiger partial charge >= 0.3 is 0 Å². The van der Waals surface area contributed by atoms with Crippen LogP contribution in [0.5, 0.6) is 28.7 Å². The van der Waals surface area contributed by atoms with Gasteiger partial charge in [-0.25, -0.2) is 0 Å². The summed E-state index contributed by atoms with van der Waals surface area (Å²) in [6, 6.07) is 21.2. The normalized spacial score (nSPS) is 18.2. The molecule has 3 heterocycles. The Morgan fingerprint density at radius 3 is 1.68 bits per heavy atom. The molecule has 3 aliphatic heterocycles. The summed E-state index contributed by atoms with van der Waals surface area (Å²) in [5, 5.41) is 0.0945. The Morgan fingerprint density at radius 2 is 1.12 bits per heavy atom. The molecule has 0 aromatic heterocycles. The molecule has 1 fully saturated rings. The van der Waals surface area contributed by atoms with Crippen LogP contribution < -0.4 is 23.1 Å². The lowest BCUT2D eigenvalue weighted by Gasteiger charge is -2.39. The van der Waals surface area contributed by atoms with Crippen LogP contribution in [0.2, 0.25) is 54.4 Å². The van der Waals surface area contributed by atoms with E-state index in [0.29, 0.717) is 13.2 Å². The number of hydrogen-bond acceptors (Lipinski definition) is 7. The molecule has 0 bridgehead atoms. The molecule has 7 nitrogen and oxygen atoms in total. The lowest BCUT2D eigenvalue weighted by Crippen LogP contribution is -2.43. The fraction of sp³-hybridized carbons (Fsp3) is 0.551. The van der Waals surface area contributed by atoms with Crippen LogP contribution in [0.3, 0.4) is 0 Å². The second-order valence-corrected chi connectivity index (χ2v) is 35.6. The molecule has 1 unspecified atom stereocenters. The summed E-state index contributed by atoms with van der Waals surface area (Å²) >= 11 is 0. The summed E-state index contributed by atoms with van der Waals surface area (Å²) < 4.78 is 41.2. The van der Waals surface area contributed by atoms with Gasteiger partial charge in [0.15, 0.2) is 6.10 Å². The third-order valence-electron chi connectivity index (χ3n) is 13.8. The Morgan fingerprint density at radius 1 is 0.610 bits per heavy atom. The SMILES string of the molecule is CC(C)(C)[Si](C)(C)OC1=CC2=C(c3ccc(O[Si](C)(C)C(C)(C)C)cc3OC1)C(c1ccc(OCCN3CCCCC3)cc1)Oc1cc(O[Si](C)(C)C(C)(C)C)ccc12. The fourth-order valence-corrected chi connectivity index (χ4v) is 10.1. The van der Waals surface area contributed by atoms with Crippen molar-refractivity contribution in [3.8, 4) is 28.7 Å². The van der Waals surface area contributed by atoms with Crippen LogP contribution >= 0.6 is 0 Å². The summed E-state index contributed by atoms with van der Waals surface area (Å²) in [6.45, 7) is 38.4. The van der Waals surface area contributed by atoms with E-state index in [-0.39, 0.29) is 15.1 Å². The standard InChI is InChI=1S/C49H73NO6Si3/c1-47(2,3)57(10,11)54-37-24-26-41-43(32-37)52-34-39(56-59(14,15)49(7,8)9)31-42-40-25-23-38(55-58(12,13)48(4,5)6)33-44(40)53-46(45(41)42)35-19-21-36(22-20-35)51-30-29-50-27-17-16-18-28-50/h19-26,31-33,46H,16-18,27-30,34H2,1-15H3. The highest BCUT2D eigenvalue weighted by atomic mass is 28.4. The molecule has 1 saturated heterocycles. The van der Waals surface area contributed by atoms with Gasteiger partial charge < -0.3 is 27.5 Å². The number of ether oxygens (including phenoxy) is 3. The Balaban J connectivity index is 1.49. The number of fused-ring (bicyclic) bond motifs is 4. The Kier molecular flexibility index (Phi) is 12.8. The first-order valence-electron chi connectivity index (χ1n) is 21.9. The molecule has 3 aromatic carbocycles. The summed E-state index contributed by atoms with van der Waals surface area (Å²) in [4.78, 5) is 2.51. The highest BCUT2D eigenvalue weighted by molar-refractivity contribution is 6.75. The van der Waals surface area contributed by atoms with Crippen LogP contribution in [0.15, 0.2) is 72.5 Å². The maximum atomic E-state index is 7.22. The van der Waals surface area contributed by atoms with Crippen LogP contribution in [0, 0.1) is 0 Å². The maximum Gasteiger partial charge on any atom is 0.250 e. The minimum Gasteiger partial charge on any atom is -0.544 e. The molecule has 0 radical (unpaired) electrons. The van der Waals surface area contributed by atoms with Crippen molar-refractivity contribution >= 4 is 36.1 Å². The zero-order valence-electron chi connectivity index (χ0n) is 39.0. The third kappa shape index (κ3) is 10.2. The quantitative estimate of drug-likeness (QED) is 0.178. The van der Waals surface area contributed by atoms with Crippen molar-refractivity contribution in [1.82, 2.24) is 4.90 Å². The van der Waals surface area contributed by atoms with Crippen molar-refractivity contribution in [2.24, 2.45) is 0 Å². The van der Waals surface area contributed by atoms with E-state index in [1.54, 1.807) is 0 Å². The second kappa shape index (κ2) is 16.8. The lowest BCUT2D eigenvalue weighted by atomic mass is 9.84. The summed E-state index contributed by atoms with van der Waals surface area (Å²) in [6.07, 6.45) is 5.65. The number of likely N-dealkylation sites (tertiary alicyclic amines) is 1. The zero-order valence-corrected chi connectivity index (χ0v) is 42.0. The molecule has 3 aromatic rings.